The number of amides is 1. The molecule has 0 bridgehead atoms. The third-order valence-corrected chi connectivity index (χ3v) is 4.39. The van der Waals surface area contributed by atoms with Gasteiger partial charge in [-0.3, -0.25) is 9.59 Å². The lowest BCUT2D eigenvalue weighted by atomic mass is 10.1. The molecular weight excluding hydrogens is 340 g/mol. The van der Waals surface area contributed by atoms with E-state index in [1.807, 2.05) is 48.5 Å². The smallest absolute Gasteiger partial charge is 0.251 e. The summed E-state index contributed by atoms with van der Waals surface area (Å²) in [5.74, 6) is 0.860. The molecule has 0 aliphatic carbocycles. The zero-order valence-electron chi connectivity index (χ0n) is 15.5. The van der Waals surface area contributed by atoms with Gasteiger partial charge in [0.15, 0.2) is 0 Å². The average molecular weight is 364 g/mol. The molecule has 27 heavy (non-hydrogen) atoms. The molecule has 1 heterocycles. The van der Waals surface area contributed by atoms with E-state index >= 15 is 0 Å². The van der Waals surface area contributed by atoms with Crippen LogP contribution < -0.4 is 15.6 Å². The molecule has 0 saturated heterocycles. The molecule has 140 valence electrons. The molecular formula is C22H24N2O3. The molecule has 2 aromatic carbocycles. The van der Waals surface area contributed by atoms with Crippen molar-refractivity contribution < 1.29 is 9.53 Å². The Morgan fingerprint density at radius 1 is 1.11 bits per heavy atom. The lowest BCUT2D eigenvalue weighted by Gasteiger charge is -2.08. The van der Waals surface area contributed by atoms with Gasteiger partial charge in [0.25, 0.3) is 5.56 Å². The number of benzene rings is 2. The molecule has 5 nitrogen and oxygen atoms in total. The fourth-order valence-corrected chi connectivity index (χ4v) is 2.89. The minimum absolute atomic E-state index is 0.0348. The van der Waals surface area contributed by atoms with Crippen molar-refractivity contribution in [1.82, 2.24) is 10.3 Å². The van der Waals surface area contributed by atoms with Crippen LogP contribution in [-0.4, -0.2) is 24.0 Å². The SMILES string of the molecule is Cc1cc2cc(CCNC(=O)CCCOc3ccccc3)ccc2[nH]c1=O. The van der Waals surface area contributed by atoms with E-state index in [0.717, 1.165) is 28.6 Å². The largest absolute Gasteiger partial charge is 0.494 e. The number of H-pyrrole nitrogens is 1. The second-order valence-electron chi connectivity index (χ2n) is 6.57. The lowest BCUT2D eigenvalue weighted by molar-refractivity contribution is -0.121. The number of aromatic amines is 1. The van der Waals surface area contributed by atoms with Gasteiger partial charge in [-0.05, 0) is 61.0 Å². The third kappa shape index (κ3) is 5.45. The van der Waals surface area contributed by atoms with Gasteiger partial charge in [-0.15, -0.1) is 0 Å². The minimum Gasteiger partial charge on any atom is -0.494 e. The molecule has 0 aliphatic heterocycles. The highest BCUT2D eigenvalue weighted by atomic mass is 16.5. The van der Waals surface area contributed by atoms with Gasteiger partial charge in [0.05, 0.1) is 6.61 Å². The van der Waals surface area contributed by atoms with Gasteiger partial charge in [0, 0.05) is 24.0 Å². The zero-order chi connectivity index (χ0) is 19.1. The van der Waals surface area contributed by atoms with E-state index in [2.05, 4.69) is 16.4 Å². The highest BCUT2D eigenvalue weighted by molar-refractivity contribution is 5.79. The Bertz CT molecular complexity index is 964. The molecule has 0 atom stereocenters. The number of ether oxygens (including phenoxy) is 1. The molecule has 3 rings (SSSR count). The van der Waals surface area contributed by atoms with Gasteiger partial charge in [-0.2, -0.15) is 0 Å². The number of hydrogen-bond donors (Lipinski definition) is 2. The number of rotatable bonds is 8. The molecule has 0 saturated carbocycles. The average Bonchev–Trinajstić information content (AvgIpc) is 2.67. The first kappa shape index (κ1) is 18.7. The molecule has 5 heteroatoms. The highest BCUT2D eigenvalue weighted by Gasteiger charge is 2.03. The maximum atomic E-state index is 11.9. The fraction of sp³-hybridized carbons (Fsp3) is 0.273. The van der Waals surface area contributed by atoms with Gasteiger partial charge in [-0.25, -0.2) is 0 Å². The molecule has 1 aromatic heterocycles. The summed E-state index contributed by atoms with van der Waals surface area (Å²) in [6, 6.07) is 17.4. The van der Waals surface area contributed by atoms with Gasteiger partial charge < -0.3 is 15.0 Å². The van der Waals surface area contributed by atoms with E-state index in [4.69, 9.17) is 4.74 Å². The Hall–Kier alpha value is -3.08. The summed E-state index contributed by atoms with van der Waals surface area (Å²) in [5, 5.41) is 3.95. The van der Waals surface area contributed by atoms with Crippen molar-refractivity contribution >= 4 is 16.8 Å². The summed E-state index contributed by atoms with van der Waals surface area (Å²) >= 11 is 0. The minimum atomic E-state index is -0.0567. The van der Waals surface area contributed by atoms with E-state index in [9.17, 15) is 9.59 Å². The van der Waals surface area contributed by atoms with Gasteiger partial charge in [0.1, 0.15) is 5.75 Å². The fourth-order valence-electron chi connectivity index (χ4n) is 2.89. The van der Waals surface area contributed by atoms with Crippen molar-refractivity contribution in [2.75, 3.05) is 13.2 Å². The van der Waals surface area contributed by atoms with E-state index in [0.29, 0.717) is 31.6 Å². The second-order valence-corrected chi connectivity index (χ2v) is 6.57. The van der Waals surface area contributed by atoms with Crippen LogP contribution in [0.1, 0.15) is 24.0 Å². The molecule has 0 radical (unpaired) electrons. The Labute approximate surface area is 158 Å². The quantitative estimate of drug-likeness (QED) is 0.602. The number of carbonyl (C=O) groups excluding carboxylic acids is 1. The van der Waals surface area contributed by atoms with E-state index < -0.39 is 0 Å². The molecule has 3 aromatic rings. The second kappa shape index (κ2) is 9.03. The molecule has 1 amide bonds. The first-order chi connectivity index (χ1) is 13.1. The van der Waals surface area contributed by atoms with Gasteiger partial charge in [-0.1, -0.05) is 24.3 Å². The highest BCUT2D eigenvalue weighted by Crippen LogP contribution is 2.14. The van der Waals surface area contributed by atoms with Crippen LogP contribution >= 0.6 is 0 Å². The van der Waals surface area contributed by atoms with Crippen LogP contribution in [0.15, 0.2) is 59.4 Å². The number of hydrogen-bond acceptors (Lipinski definition) is 3. The maximum Gasteiger partial charge on any atom is 0.251 e. The third-order valence-electron chi connectivity index (χ3n) is 4.39. The van der Waals surface area contributed by atoms with Gasteiger partial charge >= 0.3 is 0 Å². The first-order valence-electron chi connectivity index (χ1n) is 9.19. The Kier molecular flexibility index (Phi) is 6.26. The zero-order valence-corrected chi connectivity index (χ0v) is 15.5. The van der Waals surface area contributed by atoms with Crippen LogP contribution in [-0.2, 0) is 11.2 Å². The number of aromatic nitrogens is 1. The van der Waals surface area contributed by atoms with Crippen molar-refractivity contribution in [2.45, 2.75) is 26.2 Å². The van der Waals surface area contributed by atoms with Crippen LogP contribution in [0.25, 0.3) is 10.9 Å². The summed E-state index contributed by atoms with van der Waals surface area (Å²) in [4.78, 5) is 26.4. The van der Waals surface area contributed by atoms with Crippen molar-refractivity contribution in [1.29, 1.82) is 0 Å². The number of fused-ring (bicyclic) bond motifs is 1. The number of aryl methyl sites for hydroxylation is 1. The number of para-hydroxylation sites is 1. The van der Waals surface area contributed by atoms with E-state index in [1.54, 1.807) is 6.92 Å². The van der Waals surface area contributed by atoms with Crippen LogP contribution in [0.2, 0.25) is 0 Å². The number of pyridine rings is 1. The molecule has 0 fully saturated rings. The summed E-state index contributed by atoms with van der Waals surface area (Å²) in [5.41, 5.74) is 2.60. The van der Waals surface area contributed by atoms with Gasteiger partial charge in [0.2, 0.25) is 5.91 Å². The standard InChI is InChI=1S/C22H24N2O3/c1-16-14-18-15-17(9-10-20(18)24-22(16)26)11-12-23-21(25)8-5-13-27-19-6-3-2-4-7-19/h2-4,6-7,9-10,14-15H,5,8,11-13H2,1H3,(H,23,25)(H,24,26). The van der Waals surface area contributed by atoms with Crippen LogP contribution in [0.4, 0.5) is 0 Å². The van der Waals surface area contributed by atoms with E-state index in [-0.39, 0.29) is 11.5 Å². The Balaban J connectivity index is 1.40. The Morgan fingerprint density at radius 2 is 1.93 bits per heavy atom. The predicted molar refractivity (Wildman–Crippen MR) is 107 cm³/mol. The number of nitrogens with one attached hydrogen (secondary N) is 2. The van der Waals surface area contributed by atoms with Crippen molar-refractivity contribution in [3.8, 4) is 5.75 Å². The topological polar surface area (TPSA) is 71.2 Å². The molecule has 2 N–H and O–H groups in total. The lowest BCUT2D eigenvalue weighted by Crippen LogP contribution is -2.25. The molecule has 0 spiro atoms. The molecule has 0 unspecified atom stereocenters. The molecule has 0 aliphatic rings. The Morgan fingerprint density at radius 3 is 2.74 bits per heavy atom. The summed E-state index contributed by atoms with van der Waals surface area (Å²) < 4.78 is 5.58. The number of carbonyl (C=O) groups is 1. The monoisotopic (exact) mass is 364 g/mol. The van der Waals surface area contributed by atoms with Crippen molar-refractivity contribution in [3.05, 3.63) is 76.1 Å². The van der Waals surface area contributed by atoms with Crippen LogP contribution in [0, 0.1) is 6.92 Å². The van der Waals surface area contributed by atoms with E-state index in [1.165, 1.54) is 0 Å². The van der Waals surface area contributed by atoms with Crippen LogP contribution in [0.3, 0.4) is 0 Å². The normalized spacial score (nSPS) is 10.7. The maximum absolute atomic E-state index is 11.9. The summed E-state index contributed by atoms with van der Waals surface area (Å²) in [7, 11) is 0. The predicted octanol–water partition coefficient (Wildman–Crippen LogP) is 3.35. The first-order valence-corrected chi connectivity index (χ1v) is 9.19. The van der Waals surface area contributed by atoms with Crippen molar-refractivity contribution in [3.63, 3.8) is 0 Å². The summed E-state index contributed by atoms with van der Waals surface area (Å²) in [6.45, 7) is 2.92. The summed E-state index contributed by atoms with van der Waals surface area (Å²) in [6.07, 6.45) is 1.88. The van der Waals surface area contributed by atoms with Crippen LogP contribution in [0.5, 0.6) is 5.75 Å². The van der Waals surface area contributed by atoms with Crippen molar-refractivity contribution in [2.24, 2.45) is 0 Å².